The third kappa shape index (κ3) is 2.25. The van der Waals surface area contributed by atoms with Gasteiger partial charge in [-0.15, -0.1) is 0 Å². The van der Waals surface area contributed by atoms with Crippen LogP contribution in [0.1, 0.15) is 18.4 Å². The maximum Gasteiger partial charge on any atom is 0.0647 e. The maximum atomic E-state index is 9.21. The van der Waals surface area contributed by atoms with Crippen molar-refractivity contribution in [1.29, 1.82) is 0 Å². The second-order valence-electron chi connectivity index (χ2n) is 3.67. The molecule has 0 saturated heterocycles. The normalized spacial score (nSPS) is 17.1. The topological polar surface area (TPSA) is 20.2 Å². The van der Waals surface area contributed by atoms with E-state index in [1.807, 2.05) is 18.2 Å². The van der Waals surface area contributed by atoms with Crippen LogP contribution in [0.15, 0.2) is 34.3 Å². The molecule has 0 heterocycles. The molecule has 0 radical (unpaired) electrons. The Labute approximate surface area is 92.6 Å². The van der Waals surface area contributed by atoms with Crippen LogP contribution in [0, 0.1) is 5.92 Å². The molecule has 0 unspecified atom stereocenters. The average Bonchev–Trinajstić information content (AvgIpc) is 3.00. The van der Waals surface area contributed by atoms with E-state index in [4.69, 9.17) is 0 Å². The van der Waals surface area contributed by atoms with Gasteiger partial charge in [0.05, 0.1) is 6.61 Å². The summed E-state index contributed by atoms with van der Waals surface area (Å²) in [7, 11) is 0. The molecule has 1 aliphatic carbocycles. The van der Waals surface area contributed by atoms with E-state index in [0.29, 0.717) is 5.92 Å². The Morgan fingerprint density at radius 3 is 2.71 bits per heavy atom. The van der Waals surface area contributed by atoms with E-state index in [-0.39, 0.29) is 6.61 Å². The minimum absolute atomic E-state index is 0.187. The summed E-state index contributed by atoms with van der Waals surface area (Å²) in [5.41, 5.74) is 2.32. The monoisotopic (exact) mass is 252 g/mol. The lowest BCUT2D eigenvalue weighted by atomic mass is 10.1. The Balaban J connectivity index is 2.26. The molecule has 1 nitrogen and oxygen atoms in total. The molecule has 1 aromatic carbocycles. The molecule has 14 heavy (non-hydrogen) atoms. The number of benzene rings is 1. The van der Waals surface area contributed by atoms with Crippen molar-refractivity contribution in [2.45, 2.75) is 12.8 Å². The van der Waals surface area contributed by atoms with E-state index in [1.54, 1.807) is 0 Å². The van der Waals surface area contributed by atoms with Gasteiger partial charge in [-0.3, -0.25) is 0 Å². The zero-order valence-electron chi connectivity index (χ0n) is 7.91. The molecule has 0 amide bonds. The molecule has 0 bridgehead atoms. The molecule has 1 aromatic rings. The molecular formula is C12H13BrO. The number of aliphatic hydroxyl groups excluding tert-OH is 1. The first-order chi connectivity index (χ1) is 6.81. The highest BCUT2D eigenvalue weighted by Gasteiger charge is 2.25. The van der Waals surface area contributed by atoms with Crippen molar-refractivity contribution < 1.29 is 5.11 Å². The van der Waals surface area contributed by atoms with E-state index in [2.05, 4.69) is 28.1 Å². The van der Waals surface area contributed by atoms with Gasteiger partial charge in [0.1, 0.15) is 0 Å². The fourth-order valence-corrected chi connectivity index (χ4v) is 1.94. The average molecular weight is 253 g/mol. The van der Waals surface area contributed by atoms with E-state index in [9.17, 15) is 5.11 Å². The Kier molecular flexibility index (Phi) is 3.04. The Hall–Kier alpha value is -0.600. The summed E-state index contributed by atoms with van der Waals surface area (Å²) >= 11 is 3.50. The molecule has 1 N–H and O–H groups in total. The quantitative estimate of drug-likeness (QED) is 0.876. The number of hydrogen-bond acceptors (Lipinski definition) is 1. The minimum atomic E-state index is 0.187. The minimum Gasteiger partial charge on any atom is -0.392 e. The molecule has 2 heteroatoms. The van der Waals surface area contributed by atoms with Crippen LogP contribution in [-0.2, 0) is 0 Å². The van der Waals surface area contributed by atoms with Crippen molar-refractivity contribution in [3.63, 3.8) is 0 Å². The summed E-state index contributed by atoms with van der Waals surface area (Å²) in [5, 5.41) is 9.21. The smallest absolute Gasteiger partial charge is 0.0647 e. The molecular weight excluding hydrogens is 240 g/mol. The first-order valence-corrected chi connectivity index (χ1v) is 5.66. The van der Waals surface area contributed by atoms with E-state index in [0.717, 1.165) is 15.6 Å². The van der Waals surface area contributed by atoms with Gasteiger partial charge in [-0.1, -0.05) is 40.2 Å². The van der Waals surface area contributed by atoms with Crippen molar-refractivity contribution in [3.05, 3.63) is 39.9 Å². The highest BCUT2D eigenvalue weighted by atomic mass is 79.9. The van der Waals surface area contributed by atoms with Crippen molar-refractivity contribution in [1.82, 2.24) is 0 Å². The molecule has 74 valence electrons. The van der Waals surface area contributed by atoms with E-state index in [1.165, 1.54) is 12.8 Å². The fraction of sp³-hybridized carbons (Fsp3) is 0.333. The molecule has 1 saturated carbocycles. The van der Waals surface area contributed by atoms with Crippen molar-refractivity contribution in [2.24, 2.45) is 5.92 Å². The predicted octanol–water partition coefficient (Wildman–Crippen LogP) is 3.23. The summed E-state index contributed by atoms with van der Waals surface area (Å²) in [6.07, 6.45) is 4.56. The number of aliphatic hydroxyl groups is 1. The highest BCUT2D eigenvalue weighted by Crippen LogP contribution is 2.37. The standard InChI is InChI=1S/C12H13BrO/c13-12-4-2-1-3-10(12)7-11(8-14)9-5-6-9/h1-4,7,9,14H,5-6,8H2/b11-7+. The van der Waals surface area contributed by atoms with E-state index >= 15 is 0 Å². The second kappa shape index (κ2) is 4.28. The molecule has 1 aliphatic rings. The van der Waals surface area contributed by atoms with Gasteiger partial charge < -0.3 is 5.11 Å². The lowest BCUT2D eigenvalue weighted by molar-refractivity contribution is 0.326. The van der Waals surface area contributed by atoms with Gasteiger partial charge in [-0.2, -0.15) is 0 Å². The van der Waals surface area contributed by atoms with Gasteiger partial charge in [-0.25, -0.2) is 0 Å². The van der Waals surface area contributed by atoms with Gasteiger partial charge >= 0.3 is 0 Å². The summed E-state index contributed by atoms with van der Waals surface area (Å²) in [4.78, 5) is 0. The lowest BCUT2D eigenvalue weighted by Gasteiger charge is -2.03. The first kappa shape index (κ1) is 9.94. The zero-order valence-corrected chi connectivity index (χ0v) is 9.50. The molecule has 0 aromatic heterocycles. The van der Waals surface area contributed by atoms with Crippen molar-refractivity contribution in [2.75, 3.05) is 6.61 Å². The number of halogens is 1. The summed E-state index contributed by atoms with van der Waals surface area (Å²) in [6.45, 7) is 0.187. The van der Waals surface area contributed by atoms with E-state index < -0.39 is 0 Å². The highest BCUT2D eigenvalue weighted by molar-refractivity contribution is 9.10. The summed E-state index contributed by atoms with van der Waals surface area (Å²) < 4.78 is 1.09. The van der Waals surface area contributed by atoms with Crippen molar-refractivity contribution >= 4 is 22.0 Å². The second-order valence-corrected chi connectivity index (χ2v) is 4.53. The number of rotatable bonds is 3. The number of hydrogen-bond donors (Lipinski definition) is 1. The van der Waals surface area contributed by atoms with Crippen LogP contribution in [0.5, 0.6) is 0 Å². The zero-order chi connectivity index (χ0) is 9.97. The van der Waals surface area contributed by atoms with Crippen LogP contribution >= 0.6 is 15.9 Å². The van der Waals surface area contributed by atoms with Crippen molar-refractivity contribution in [3.8, 4) is 0 Å². The molecule has 2 rings (SSSR count). The van der Waals surface area contributed by atoms with Crippen LogP contribution in [-0.4, -0.2) is 11.7 Å². The van der Waals surface area contributed by atoms with Gasteiger partial charge in [0.25, 0.3) is 0 Å². The van der Waals surface area contributed by atoms with Gasteiger partial charge in [0, 0.05) is 4.47 Å². The molecule has 0 atom stereocenters. The Bertz CT molecular complexity index is 353. The van der Waals surface area contributed by atoms with Gasteiger partial charge in [-0.05, 0) is 36.0 Å². The van der Waals surface area contributed by atoms with Crippen LogP contribution < -0.4 is 0 Å². The van der Waals surface area contributed by atoms with Crippen LogP contribution in [0.25, 0.3) is 6.08 Å². The Morgan fingerprint density at radius 1 is 1.43 bits per heavy atom. The largest absolute Gasteiger partial charge is 0.392 e. The first-order valence-electron chi connectivity index (χ1n) is 4.87. The molecule has 0 spiro atoms. The van der Waals surface area contributed by atoms with Crippen LogP contribution in [0.2, 0.25) is 0 Å². The predicted molar refractivity (Wildman–Crippen MR) is 61.9 cm³/mol. The third-order valence-electron chi connectivity index (χ3n) is 2.53. The maximum absolute atomic E-state index is 9.21. The Morgan fingerprint density at radius 2 is 2.14 bits per heavy atom. The summed E-state index contributed by atoms with van der Waals surface area (Å²) in [6, 6.07) is 8.09. The fourth-order valence-electron chi connectivity index (χ4n) is 1.54. The van der Waals surface area contributed by atoms with Crippen LogP contribution in [0.4, 0.5) is 0 Å². The van der Waals surface area contributed by atoms with Crippen LogP contribution in [0.3, 0.4) is 0 Å². The summed E-state index contributed by atoms with van der Waals surface area (Å²) in [5.74, 6) is 0.632. The van der Waals surface area contributed by atoms with Gasteiger partial charge in [0.15, 0.2) is 0 Å². The molecule has 1 fully saturated rings. The molecule has 0 aliphatic heterocycles. The van der Waals surface area contributed by atoms with Gasteiger partial charge in [0.2, 0.25) is 0 Å². The SMILES string of the molecule is OC/C(=C\c1ccccc1Br)C1CC1. The third-order valence-corrected chi connectivity index (χ3v) is 3.25. The lowest BCUT2D eigenvalue weighted by Crippen LogP contribution is -1.92.